The number of halogens is 4. The average Bonchev–Trinajstić information content (AvgIpc) is 3.12. The first-order chi connectivity index (χ1) is 9.55. The van der Waals surface area contributed by atoms with Crippen LogP contribution in [-0.2, 0) is 5.41 Å². The predicted molar refractivity (Wildman–Crippen MR) is 83.6 cm³/mol. The lowest BCUT2D eigenvalue weighted by Crippen LogP contribution is -2.18. The zero-order valence-corrected chi connectivity index (χ0v) is 13.8. The largest absolute Gasteiger partial charge is 0.445 e. The zero-order valence-electron chi connectivity index (χ0n) is 12.2. The molecule has 1 saturated carbocycles. The number of benzene rings is 1. The van der Waals surface area contributed by atoms with Crippen LogP contribution in [0.1, 0.15) is 44.7 Å². The van der Waals surface area contributed by atoms with Crippen LogP contribution >= 0.6 is 19.9 Å². The Hall–Kier alpha value is -0.610. The van der Waals surface area contributed by atoms with Gasteiger partial charge in [-0.25, -0.2) is 0 Å². The number of rotatable bonds is 1. The fraction of sp³-hybridized carbons (Fsp3) is 0.500. The van der Waals surface area contributed by atoms with Gasteiger partial charge < -0.3 is 0 Å². The first kappa shape index (κ1) is 15.3. The number of alkyl halides is 3. The lowest BCUT2D eigenvalue weighted by atomic mass is 9.86. The summed E-state index contributed by atoms with van der Waals surface area (Å²) in [6, 6.07) is 5.39. The summed E-state index contributed by atoms with van der Waals surface area (Å²) >= 11 is 0. The van der Waals surface area contributed by atoms with E-state index in [-0.39, 0.29) is 16.2 Å². The van der Waals surface area contributed by atoms with Gasteiger partial charge >= 0.3 is 5.51 Å². The maximum Gasteiger partial charge on any atom is 0.445 e. The van der Waals surface area contributed by atoms with E-state index in [1.54, 1.807) is 18.2 Å². The Morgan fingerprint density at radius 2 is 1.76 bits per heavy atom. The molecule has 0 N–H and O–H groups in total. The molecule has 1 atom stereocenters. The van der Waals surface area contributed by atoms with E-state index in [9.17, 15) is 13.2 Å². The molecule has 1 aliphatic carbocycles. The molecule has 0 radical (unpaired) electrons. The molecule has 3 rings (SSSR count). The van der Waals surface area contributed by atoms with E-state index in [0.717, 1.165) is 18.4 Å². The lowest BCUT2D eigenvalue weighted by Gasteiger charge is -2.35. The smallest absolute Gasteiger partial charge is 0.160 e. The third-order valence-electron chi connectivity index (χ3n) is 4.10. The summed E-state index contributed by atoms with van der Waals surface area (Å²) in [7, 11) is 2.88. The van der Waals surface area contributed by atoms with Crippen LogP contribution in [0, 0.1) is 5.92 Å². The molecule has 1 fully saturated rings. The van der Waals surface area contributed by atoms with Gasteiger partial charge in [0, 0.05) is 4.90 Å². The predicted octanol–water partition coefficient (Wildman–Crippen LogP) is 6.59. The maximum atomic E-state index is 13.8. The monoisotopic (exact) mass is 334 g/mol. The van der Waals surface area contributed by atoms with Crippen molar-refractivity contribution >= 4 is 26.0 Å². The van der Waals surface area contributed by atoms with Crippen LogP contribution < -0.4 is 0 Å². The molecule has 116 valence electrons. The summed E-state index contributed by atoms with van der Waals surface area (Å²) in [5, 5.41) is 0. The topological polar surface area (TPSA) is 0 Å². The van der Waals surface area contributed by atoms with E-state index in [4.69, 9.17) is 10.7 Å². The Morgan fingerprint density at radius 3 is 2.24 bits per heavy atom. The van der Waals surface area contributed by atoms with Crippen molar-refractivity contribution in [1.29, 1.82) is 0 Å². The molecule has 0 aromatic heterocycles. The Labute approximate surface area is 129 Å². The highest BCUT2D eigenvalue weighted by molar-refractivity contribution is 8.54. The van der Waals surface area contributed by atoms with E-state index in [2.05, 4.69) is 0 Å². The van der Waals surface area contributed by atoms with Crippen molar-refractivity contribution in [2.24, 2.45) is 5.92 Å². The summed E-state index contributed by atoms with van der Waals surface area (Å²) in [6.07, 6.45) is 3.34. The average molecular weight is 335 g/mol. The highest BCUT2D eigenvalue weighted by Gasteiger charge is 2.58. The minimum atomic E-state index is -4.40. The number of allylic oxidation sites excluding steroid dienone is 1. The summed E-state index contributed by atoms with van der Waals surface area (Å²) in [4.78, 5) is 0.698. The molecule has 21 heavy (non-hydrogen) atoms. The minimum absolute atomic E-state index is 0.0182. The van der Waals surface area contributed by atoms with Crippen LogP contribution in [0.15, 0.2) is 28.0 Å². The molecule has 1 aromatic rings. The van der Waals surface area contributed by atoms with Crippen molar-refractivity contribution in [3.05, 3.63) is 34.2 Å². The second-order valence-corrected chi connectivity index (χ2v) is 10.6. The third-order valence-corrected chi connectivity index (χ3v) is 8.36. The lowest BCUT2D eigenvalue weighted by molar-refractivity contribution is -0.0360. The van der Waals surface area contributed by atoms with Gasteiger partial charge in [0.2, 0.25) is 0 Å². The van der Waals surface area contributed by atoms with Crippen molar-refractivity contribution in [2.75, 3.05) is 0 Å². The van der Waals surface area contributed by atoms with Gasteiger partial charge in [-0.2, -0.15) is 13.2 Å². The van der Waals surface area contributed by atoms with Gasteiger partial charge in [0.25, 0.3) is 0 Å². The van der Waals surface area contributed by atoms with E-state index >= 15 is 0 Å². The van der Waals surface area contributed by atoms with Gasteiger partial charge in [0.05, 0.1) is 0 Å². The van der Waals surface area contributed by atoms with E-state index in [1.807, 2.05) is 26.8 Å². The quantitative estimate of drug-likeness (QED) is 0.543. The highest BCUT2D eigenvalue weighted by Crippen LogP contribution is 2.82. The summed E-state index contributed by atoms with van der Waals surface area (Å²) in [6.45, 7) is 5.99. The van der Waals surface area contributed by atoms with Crippen molar-refractivity contribution in [3.8, 4) is 0 Å². The molecule has 1 heterocycles. The second-order valence-electron chi connectivity index (χ2n) is 6.81. The molecule has 1 aliphatic heterocycles. The van der Waals surface area contributed by atoms with Crippen LogP contribution in [0.2, 0.25) is 0 Å². The van der Waals surface area contributed by atoms with E-state index < -0.39 is 14.7 Å². The molecular formula is C16H18ClF3S. The molecule has 0 spiro atoms. The van der Waals surface area contributed by atoms with Crippen LogP contribution in [0.5, 0.6) is 0 Å². The van der Waals surface area contributed by atoms with E-state index in [1.165, 1.54) is 0 Å². The van der Waals surface area contributed by atoms with Crippen molar-refractivity contribution < 1.29 is 13.2 Å². The summed E-state index contributed by atoms with van der Waals surface area (Å²) < 4.78 is 41.3. The first-order valence-corrected chi connectivity index (χ1v) is 9.46. The van der Waals surface area contributed by atoms with Gasteiger partial charge in [0.1, 0.15) is 0 Å². The second kappa shape index (κ2) is 4.45. The third kappa shape index (κ3) is 2.31. The fourth-order valence-corrected chi connectivity index (χ4v) is 6.11. The fourth-order valence-electron chi connectivity index (χ4n) is 2.70. The normalized spacial score (nSPS) is 28.8. The molecule has 0 saturated heterocycles. The standard InChI is InChI=1S/C16H18ClF3S/c1-15(2,3)12-7-6-11-8-13(10-4-5-10)21(17,14(11)9-12)16(18,19)20/h6-10H,4-5H2,1-3H3. The highest BCUT2D eigenvalue weighted by atomic mass is 35.7. The molecule has 0 bridgehead atoms. The summed E-state index contributed by atoms with van der Waals surface area (Å²) in [5.41, 5.74) is -3.05. The zero-order chi connectivity index (χ0) is 15.6. The van der Waals surface area contributed by atoms with Crippen molar-refractivity contribution in [3.63, 3.8) is 0 Å². The Morgan fingerprint density at radius 1 is 1.14 bits per heavy atom. The number of fused-ring (bicyclic) bond motifs is 1. The van der Waals surface area contributed by atoms with Crippen LogP contribution in [0.3, 0.4) is 0 Å². The Kier molecular flexibility index (Phi) is 3.24. The van der Waals surface area contributed by atoms with Gasteiger partial charge in [-0.3, -0.25) is 0 Å². The van der Waals surface area contributed by atoms with Crippen molar-refractivity contribution in [2.45, 2.75) is 49.4 Å². The molecule has 0 amide bonds. The molecule has 1 unspecified atom stereocenters. The van der Waals surface area contributed by atoms with Gasteiger partial charge in [-0.15, -0.1) is 0 Å². The van der Waals surface area contributed by atoms with Gasteiger partial charge in [-0.05, 0) is 72.3 Å². The van der Waals surface area contributed by atoms with Gasteiger partial charge in [0.15, 0.2) is 0 Å². The minimum Gasteiger partial charge on any atom is -0.160 e. The molecule has 2 aliphatic rings. The number of hydrogen-bond donors (Lipinski definition) is 0. The number of hydrogen-bond acceptors (Lipinski definition) is 0. The van der Waals surface area contributed by atoms with Crippen LogP contribution in [-0.4, -0.2) is 5.51 Å². The summed E-state index contributed by atoms with van der Waals surface area (Å²) in [5.74, 6) is 0.0182. The SMILES string of the molecule is CC(C)(C)c1ccc2c(c1)S(Cl)(C(F)(F)F)C(C1CC1)=C2. The molecule has 5 heteroatoms. The van der Waals surface area contributed by atoms with Crippen LogP contribution in [0.4, 0.5) is 13.2 Å². The maximum absolute atomic E-state index is 13.8. The van der Waals surface area contributed by atoms with Crippen molar-refractivity contribution in [1.82, 2.24) is 0 Å². The first-order valence-electron chi connectivity index (χ1n) is 7.00. The van der Waals surface area contributed by atoms with Crippen LogP contribution in [0.25, 0.3) is 6.08 Å². The Balaban J connectivity index is 2.18. The molecule has 1 aromatic carbocycles. The molecule has 0 nitrogen and oxygen atoms in total. The van der Waals surface area contributed by atoms with Gasteiger partial charge in [-0.1, -0.05) is 32.9 Å². The Bertz CT molecular complexity index is 623. The van der Waals surface area contributed by atoms with E-state index in [0.29, 0.717) is 10.5 Å². The molecular weight excluding hydrogens is 317 g/mol.